The first-order valence-corrected chi connectivity index (χ1v) is 8.90. The van der Waals surface area contributed by atoms with E-state index in [9.17, 15) is 13.2 Å². The fourth-order valence-electron chi connectivity index (χ4n) is 2.04. The Kier molecular flexibility index (Phi) is 7.47. The maximum atomic E-state index is 12.6. The molecule has 1 amide bonds. The van der Waals surface area contributed by atoms with Gasteiger partial charge in [-0.05, 0) is 25.1 Å². The topological polar surface area (TPSA) is 84.9 Å². The molecule has 0 saturated carbocycles. The Balaban J connectivity index is 3.14. The highest BCUT2D eigenvalue weighted by atomic mass is 32.2. The number of carbonyl (C=O) groups excluding carboxylic acids is 1. The molecule has 1 aromatic carbocycles. The molecule has 0 aliphatic carbocycles. The summed E-state index contributed by atoms with van der Waals surface area (Å²) in [5, 5.41) is 2.61. The monoisotopic (exact) mass is 344 g/mol. The molecule has 130 valence electrons. The molecule has 1 N–H and O–H groups in total. The third-order valence-corrected chi connectivity index (χ3v) is 5.27. The van der Waals surface area contributed by atoms with E-state index in [-0.39, 0.29) is 17.4 Å². The van der Waals surface area contributed by atoms with Crippen molar-refractivity contribution in [2.75, 3.05) is 38.7 Å². The van der Waals surface area contributed by atoms with E-state index in [1.165, 1.54) is 29.6 Å². The zero-order chi connectivity index (χ0) is 17.5. The second-order valence-electron chi connectivity index (χ2n) is 4.64. The van der Waals surface area contributed by atoms with E-state index >= 15 is 0 Å². The number of amides is 1. The quantitative estimate of drug-likeness (QED) is 0.737. The van der Waals surface area contributed by atoms with Gasteiger partial charge in [-0.25, -0.2) is 8.42 Å². The summed E-state index contributed by atoms with van der Waals surface area (Å²) in [5.74, 6) is 0.0101. The Morgan fingerprint density at radius 3 is 2.39 bits per heavy atom. The van der Waals surface area contributed by atoms with Crippen LogP contribution in [0.2, 0.25) is 0 Å². The van der Waals surface area contributed by atoms with E-state index < -0.39 is 10.0 Å². The summed E-state index contributed by atoms with van der Waals surface area (Å²) in [6, 6.07) is 4.38. The average molecular weight is 344 g/mol. The van der Waals surface area contributed by atoms with Crippen LogP contribution < -0.4 is 10.1 Å². The molecule has 0 spiro atoms. The molecule has 0 aliphatic rings. The Bertz CT molecular complexity index is 627. The van der Waals surface area contributed by atoms with Crippen LogP contribution >= 0.6 is 0 Å². The second kappa shape index (κ2) is 8.85. The molecule has 0 aromatic heterocycles. The molecule has 0 saturated heterocycles. The van der Waals surface area contributed by atoms with Crippen LogP contribution in [0.3, 0.4) is 0 Å². The van der Waals surface area contributed by atoms with Crippen LogP contribution in [0.15, 0.2) is 23.1 Å². The lowest BCUT2D eigenvalue weighted by atomic mass is 10.3. The lowest BCUT2D eigenvalue weighted by Gasteiger charge is -2.19. The highest BCUT2D eigenvalue weighted by molar-refractivity contribution is 7.89. The summed E-state index contributed by atoms with van der Waals surface area (Å²) in [7, 11) is -2.16. The molecule has 8 heteroatoms. The van der Waals surface area contributed by atoms with E-state index in [4.69, 9.17) is 9.47 Å². The van der Waals surface area contributed by atoms with Crippen LogP contribution in [0.4, 0.5) is 5.69 Å². The first-order valence-electron chi connectivity index (χ1n) is 7.46. The van der Waals surface area contributed by atoms with Crippen LogP contribution in [0.5, 0.6) is 5.75 Å². The molecule has 0 unspecified atom stereocenters. The molecule has 0 radical (unpaired) electrons. The predicted octanol–water partition coefficient (Wildman–Crippen LogP) is 1.70. The Morgan fingerprint density at radius 1 is 1.22 bits per heavy atom. The summed E-state index contributed by atoms with van der Waals surface area (Å²) in [4.78, 5) is 11.9. The van der Waals surface area contributed by atoms with Crippen molar-refractivity contribution in [3.8, 4) is 5.75 Å². The normalized spacial score (nSPS) is 11.5. The van der Waals surface area contributed by atoms with E-state index in [0.717, 1.165) is 0 Å². The minimum atomic E-state index is -3.61. The van der Waals surface area contributed by atoms with Gasteiger partial charge in [0.1, 0.15) is 12.4 Å². The lowest BCUT2D eigenvalue weighted by Crippen LogP contribution is -2.30. The molecule has 23 heavy (non-hydrogen) atoms. The SMILES string of the molecule is CCOCC(=O)Nc1cc(S(=O)(=O)N(CC)CC)ccc1OC. The van der Waals surface area contributed by atoms with Crippen LogP contribution in [-0.4, -0.2) is 52.0 Å². The van der Waals surface area contributed by atoms with Gasteiger partial charge in [-0.1, -0.05) is 13.8 Å². The number of anilines is 1. The third-order valence-electron chi connectivity index (χ3n) is 3.23. The Morgan fingerprint density at radius 2 is 1.87 bits per heavy atom. The molecular weight excluding hydrogens is 320 g/mol. The number of methoxy groups -OCH3 is 1. The van der Waals surface area contributed by atoms with Crippen molar-refractivity contribution in [1.82, 2.24) is 4.31 Å². The molecule has 7 nitrogen and oxygen atoms in total. The number of benzene rings is 1. The molecule has 1 rings (SSSR count). The van der Waals surface area contributed by atoms with Crippen molar-refractivity contribution < 1.29 is 22.7 Å². The highest BCUT2D eigenvalue weighted by Crippen LogP contribution is 2.28. The molecule has 0 heterocycles. The van der Waals surface area contributed by atoms with Gasteiger partial charge >= 0.3 is 0 Å². The van der Waals surface area contributed by atoms with E-state index in [2.05, 4.69) is 5.32 Å². The van der Waals surface area contributed by atoms with Gasteiger partial charge in [0, 0.05) is 19.7 Å². The van der Waals surface area contributed by atoms with E-state index in [1.807, 2.05) is 0 Å². The molecule has 0 atom stereocenters. The van der Waals surface area contributed by atoms with Gasteiger partial charge < -0.3 is 14.8 Å². The number of hydrogen-bond donors (Lipinski definition) is 1. The van der Waals surface area contributed by atoms with Crippen LogP contribution in [-0.2, 0) is 19.6 Å². The van der Waals surface area contributed by atoms with Crippen molar-refractivity contribution in [3.63, 3.8) is 0 Å². The minimum Gasteiger partial charge on any atom is -0.495 e. The van der Waals surface area contributed by atoms with Crippen LogP contribution in [0.1, 0.15) is 20.8 Å². The Labute approximate surface area is 137 Å². The number of rotatable bonds is 9. The second-order valence-corrected chi connectivity index (χ2v) is 6.57. The average Bonchev–Trinajstić information content (AvgIpc) is 2.53. The molecule has 0 bridgehead atoms. The number of sulfonamides is 1. The summed E-state index contributed by atoms with van der Waals surface area (Å²) in [6.45, 7) is 6.39. The lowest BCUT2D eigenvalue weighted by molar-refractivity contribution is -0.120. The zero-order valence-electron chi connectivity index (χ0n) is 14.0. The number of hydrogen-bond acceptors (Lipinski definition) is 5. The first-order chi connectivity index (χ1) is 10.9. The number of nitrogens with zero attached hydrogens (tertiary/aromatic N) is 1. The standard InChI is InChI=1S/C15H24N2O5S/c1-5-17(6-2)23(19,20)12-8-9-14(21-4)13(10-12)16-15(18)11-22-7-3/h8-10H,5-7,11H2,1-4H3,(H,16,18). The number of ether oxygens (including phenoxy) is 2. The van der Waals surface area contributed by atoms with E-state index in [1.54, 1.807) is 20.8 Å². The predicted molar refractivity (Wildman–Crippen MR) is 88.2 cm³/mol. The van der Waals surface area contributed by atoms with Gasteiger partial charge in [-0.2, -0.15) is 4.31 Å². The fourth-order valence-corrected chi connectivity index (χ4v) is 3.52. The van der Waals surface area contributed by atoms with Gasteiger partial charge in [0.25, 0.3) is 0 Å². The van der Waals surface area contributed by atoms with Crippen LogP contribution in [0.25, 0.3) is 0 Å². The van der Waals surface area contributed by atoms with Crippen molar-refractivity contribution in [3.05, 3.63) is 18.2 Å². The highest BCUT2D eigenvalue weighted by Gasteiger charge is 2.23. The van der Waals surface area contributed by atoms with Crippen LogP contribution in [0, 0.1) is 0 Å². The van der Waals surface area contributed by atoms with Gasteiger partial charge in [-0.15, -0.1) is 0 Å². The van der Waals surface area contributed by atoms with Gasteiger partial charge in [0.05, 0.1) is 17.7 Å². The van der Waals surface area contributed by atoms with Gasteiger partial charge in [0.2, 0.25) is 15.9 Å². The maximum Gasteiger partial charge on any atom is 0.250 e. The fraction of sp³-hybridized carbons (Fsp3) is 0.533. The van der Waals surface area contributed by atoms with Crippen molar-refractivity contribution in [1.29, 1.82) is 0 Å². The number of carbonyl (C=O) groups is 1. The van der Waals surface area contributed by atoms with Crippen molar-refractivity contribution in [2.45, 2.75) is 25.7 Å². The minimum absolute atomic E-state index is 0.104. The van der Waals surface area contributed by atoms with Crippen molar-refractivity contribution in [2.24, 2.45) is 0 Å². The summed E-state index contributed by atoms with van der Waals surface area (Å²) >= 11 is 0. The summed E-state index contributed by atoms with van der Waals surface area (Å²) in [5.41, 5.74) is 0.297. The van der Waals surface area contributed by atoms with Gasteiger partial charge in [0.15, 0.2) is 0 Å². The third kappa shape index (κ3) is 4.92. The molecular formula is C15H24N2O5S. The summed E-state index contributed by atoms with van der Waals surface area (Å²) in [6.07, 6.45) is 0. The largest absolute Gasteiger partial charge is 0.495 e. The molecule has 0 fully saturated rings. The summed E-state index contributed by atoms with van der Waals surface area (Å²) < 4.78 is 36.7. The maximum absolute atomic E-state index is 12.6. The molecule has 1 aromatic rings. The molecule has 0 aliphatic heterocycles. The smallest absolute Gasteiger partial charge is 0.250 e. The number of nitrogens with one attached hydrogen (secondary N) is 1. The van der Waals surface area contributed by atoms with E-state index in [0.29, 0.717) is 31.1 Å². The first kappa shape index (κ1) is 19.4. The zero-order valence-corrected chi connectivity index (χ0v) is 14.8. The Hall–Kier alpha value is -1.64. The van der Waals surface area contributed by atoms with Gasteiger partial charge in [-0.3, -0.25) is 4.79 Å². The van der Waals surface area contributed by atoms with Crippen molar-refractivity contribution >= 4 is 21.6 Å².